The van der Waals surface area contributed by atoms with Gasteiger partial charge in [0.15, 0.2) is 0 Å². The molecule has 0 bridgehead atoms. The van der Waals surface area contributed by atoms with Crippen LogP contribution in [0.5, 0.6) is 0 Å². The van der Waals surface area contributed by atoms with Crippen molar-refractivity contribution in [2.45, 2.75) is 25.1 Å². The van der Waals surface area contributed by atoms with Crippen LogP contribution in [0.25, 0.3) is 0 Å². The third kappa shape index (κ3) is 6.84. The van der Waals surface area contributed by atoms with E-state index < -0.39 is 17.8 Å². The van der Waals surface area contributed by atoms with E-state index in [9.17, 15) is 18.0 Å². The molecule has 34 heavy (non-hydrogen) atoms. The number of urea groups is 1. The molecule has 1 fully saturated rings. The highest BCUT2D eigenvalue weighted by atomic mass is 19.4. The highest BCUT2D eigenvalue weighted by molar-refractivity contribution is 6.03. The second-order valence-electron chi connectivity index (χ2n) is 7.86. The Labute approximate surface area is 198 Å². The van der Waals surface area contributed by atoms with Crippen LogP contribution in [0.4, 0.5) is 35.0 Å². The molecule has 1 aliphatic rings. The van der Waals surface area contributed by atoms with Crippen LogP contribution in [0.1, 0.15) is 18.4 Å². The Balaban J connectivity index is 0.000000945. The summed E-state index contributed by atoms with van der Waals surface area (Å²) < 4.78 is 41.6. The van der Waals surface area contributed by atoms with Gasteiger partial charge in [-0.25, -0.2) is 4.79 Å². The molecule has 0 atom stereocenters. The molecule has 6 nitrogen and oxygen atoms in total. The van der Waals surface area contributed by atoms with Crippen molar-refractivity contribution >= 4 is 29.4 Å². The number of carbonyl (C=O) groups is 2. The maximum Gasteiger partial charge on any atom is 0.418 e. The lowest BCUT2D eigenvalue weighted by Crippen LogP contribution is -2.42. The summed E-state index contributed by atoms with van der Waals surface area (Å²) in [7, 11) is 4.95. The summed E-state index contributed by atoms with van der Waals surface area (Å²) in [6.07, 6.45) is -1.11. The number of nitrogens with one attached hydrogen (secondary N) is 1. The standard InChI is InChI=1S/C22H27F3N4O.C3H4O/c1-26-16-11-13-29(14-12-16)20-10-9-18(15-19(20)22(23,24)25)28(3)21(30)27(2)17-7-5-4-6-8-17;1-2-3-4/h4-10,15-16,26H,11-14H2,1-3H3;2-3H,1H2. The fraction of sp³-hybridized carbons (Fsp3) is 0.360. The SMILES string of the molecule is C=CC=O.CNC1CCN(c2ccc(N(C)C(=O)N(C)c3ccccc3)cc2C(F)(F)F)CC1. The van der Waals surface area contributed by atoms with Gasteiger partial charge in [-0.2, -0.15) is 13.2 Å². The monoisotopic (exact) mass is 476 g/mol. The van der Waals surface area contributed by atoms with E-state index in [2.05, 4.69) is 11.9 Å². The van der Waals surface area contributed by atoms with Crippen molar-refractivity contribution in [2.75, 3.05) is 48.9 Å². The molecule has 1 aliphatic heterocycles. The van der Waals surface area contributed by atoms with Crippen molar-refractivity contribution in [1.82, 2.24) is 5.32 Å². The molecule has 0 unspecified atom stereocenters. The molecule has 0 aromatic heterocycles. The normalized spacial score (nSPS) is 14.0. The zero-order valence-corrected chi connectivity index (χ0v) is 19.7. The third-order valence-electron chi connectivity index (χ3n) is 5.73. The van der Waals surface area contributed by atoms with Gasteiger partial charge in [-0.15, -0.1) is 0 Å². The first-order chi connectivity index (χ1) is 16.1. The molecule has 0 spiro atoms. The largest absolute Gasteiger partial charge is 0.418 e. The van der Waals surface area contributed by atoms with Crippen LogP contribution >= 0.6 is 0 Å². The second kappa shape index (κ2) is 12.2. The minimum Gasteiger partial charge on any atom is -0.371 e. The van der Waals surface area contributed by atoms with E-state index in [1.165, 1.54) is 29.0 Å². The number of para-hydroxylation sites is 1. The van der Waals surface area contributed by atoms with Gasteiger partial charge in [-0.3, -0.25) is 14.6 Å². The van der Waals surface area contributed by atoms with E-state index in [1.54, 1.807) is 42.3 Å². The molecule has 1 saturated heterocycles. The summed E-state index contributed by atoms with van der Waals surface area (Å²) in [6.45, 7) is 4.22. The average Bonchev–Trinajstić information content (AvgIpc) is 2.87. The highest BCUT2D eigenvalue weighted by Crippen LogP contribution is 2.39. The van der Waals surface area contributed by atoms with E-state index in [0.29, 0.717) is 31.1 Å². The number of piperidine rings is 1. The first-order valence-corrected chi connectivity index (χ1v) is 10.9. The molecule has 0 saturated carbocycles. The number of anilines is 3. The van der Waals surface area contributed by atoms with Crippen LogP contribution in [-0.4, -0.2) is 52.6 Å². The maximum atomic E-state index is 13.9. The van der Waals surface area contributed by atoms with Crippen molar-refractivity contribution < 1.29 is 22.8 Å². The highest BCUT2D eigenvalue weighted by Gasteiger charge is 2.36. The maximum absolute atomic E-state index is 13.9. The Bertz CT molecular complexity index is 952. The molecule has 1 heterocycles. The summed E-state index contributed by atoms with van der Waals surface area (Å²) in [5.41, 5.74) is 0.307. The molecule has 9 heteroatoms. The van der Waals surface area contributed by atoms with Gasteiger partial charge in [0, 0.05) is 50.3 Å². The van der Waals surface area contributed by atoms with Gasteiger partial charge in [0.25, 0.3) is 0 Å². The van der Waals surface area contributed by atoms with Crippen LogP contribution < -0.4 is 20.0 Å². The number of carbonyl (C=O) groups excluding carboxylic acids is 2. The van der Waals surface area contributed by atoms with Gasteiger partial charge in [-0.05, 0) is 56.3 Å². The first-order valence-electron chi connectivity index (χ1n) is 10.9. The third-order valence-corrected chi connectivity index (χ3v) is 5.73. The van der Waals surface area contributed by atoms with Crippen LogP contribution in [-0.2, 0) is 11.0 Å². The first kappa shape index (κ1) is 26.9. The van der Waals surface area contributed by atoms with Crippen molar-refractivity contribution in [3.8, 4) is 0 Å². The molecule has 1 N–H and O–H groups in total. The number of hydrogen-bond donors (Lipinski definition) is 1. The molecular weight excluding hydrogens is 445 g/mol. The number of halogens is 3. The van der Waals surface area contributed by atoms with E-state index in [-0.39, 0.29) is 11.4 Å². The Morgan fingerprint density at radius 2 is 1.62 bits per heavy atom. The fourth-order valence-electron chi connectivity index (χ4n) is 3.74. The minimum atomic E-state index is -4.51. The lowest BCUT2D eigenvalue weighted by atomic mass is 10.0. The van der Waals surface area contributed by atoms with Crippen LogP contribution in [0.15, 0.2) is 61.2 Å². The molecule has 0 aliphatic carbocycles. The smallest absolute Gasteiger partial charge is 0.371 e. The predicted molar refractivity (Wildman–Crippen MR) is 131 cm³/mol. The number of amides is 2. The van der Waals surface area contributed by atoms with Gasteiger partial charge < -0.3 is 10.2 Å². The molecule has 2 aromatic carbocycles. The minimum absolute atomic E-state index is 0.165. The fourth-order valence-corrected chi connectivity index (χ4v) is 3.74. The lowest BCUT2D eigenvalue weighted by molar-refractivity contribution is -0.137. The topological polar surface area (TPSA) is 55.9 Å². The molecule has 3 rings (SSSR count). The quantitative estimate of drug-likeness (QED) is 0.490. The summed E-state index contributed by atoms with van der Waals surface area (Å²) in [6, 6.07) is 13.0. The van der Waals surface area contributed by atoms with Gasteiger partial charge >= 0.3 is 12.2 Å². The van der Waals surface area contributed by atoms with Crippen molar-refractivity contribution in [3.63, 3.8) is 0 Å². The Morgan fingerprint density at radius 1 is 1.06 bits per heavy atom. The number of nitrogens with zero attached hydrogens (tertiary/aromatic N) is 3. The summed E-state index contributed by atoms with van der Waals surface area (Å²) >= 11 is 0. The Morgan fingerprint density at radius 3 is 2.12 bits per heavy atom. The van der Waals surface area contributed by atoms with Crippen molar-refractivity contribution in [2.24, 2.45) is 0 Å². The van der Waals surface area contributed by atoms with Gasteiger partial charge in [0.1, 0.15) is 6.29 Å². The van der Waals surface area contributed by atoms with Crippen molar-refractivity contribution in [3.05, 3.63) is 66.7 Å². The molecule has 2 aromatic rings. The van der Waals surface area contributed by atoms with E-state index >= 15 is 0 Å². The van der Waals surface area contributed by atoms with E-state index in [1.807, 2.05) is 13.1 Å². The van der Waals surface area contributed by atoms with Crippen molar-refractivity contribution in [1.29, 1.82) is 0 Å². The predicted octanol–water partition coefficient (Wildman–Crippen LogP) is 4.96. The summed E-state index contributed by atoms with van der Waals surface area (Å²) in [5, 5.41) is 3.18. The summed E-state index contributed by atoms with van der Waals surface area (Å²) in [4.78, 5) is 26.3. The van der Waals surface area contributed by atoms with Gasteiger partial charge in [0.05, 0.1) is 5.56 Å². The number of benzene rings is 2. The number of aldehydes is 1. The Hall–Kier alpha value is -3.33. The summed E-state index contributed by atoms with van der Waals surface area (Å²) in [5.74, 6) is 0. The number of rotatable bonds is 5. The van der Waals surface area contributed by atoms with E-state index in [4.69, 9.17) is 4.79 Å². The zero-order valence-electron chi connectivity index (χ0n) is 19.7. The van der Waals surface area contributed by atoms with E-state index in [0.717, 1.165) is 18.9 Å². The second-order valence-corrected chi connectivity index (χ2v) is 7.86. The zero-order chi connectivity index (χ0) is 25.3. The average molecular weight is 477 g/mol. The van der Waals surface area contributed by atoms with Crippen LogP contribution in [0.3, 0.4) is 0 Å². The molecule has 0 radical (unpaired) electrons. The lowest BCUT2D eigenvalue weighted by Gasteiger charge is -2.35. The number of hydrogen-bond acceptors (Lipinski definition) is 4. The van der Waals surface area contributed by atoms with Gasteiger partial charge in [0.2, 0.25) is 0 Å². The molecule has 184 valence electrons. The number of alkyl halides is 3. The van der Waals surface area contributed by atoms with Gasteiger partial charge in [-0.1, -0.05) is 24.8 Å². The Kier molecular flexibility index (Phi) is 9.68. The molecular formula is C25H31F3N4O2. The molecule has 2 amide bonds. The van der Waals surface area contributed by atoms with Crippen LogP contribution in [0.2, 0.25) is 0 Å². The number of allylic oxidation sites excluding steroid dienone is 1. The van der Waals surface area contributed by atoms with Crippen LogP contribution in [0, 0.1) is 0 Å².